The summed E-state index contributed by atoms with van der Waals surface area (Å²) in [6, 6.07) is 30.2. The predicted molar refractivity (Wildman–Crippen MR) is 143 cm³/mol. The minimum atomic E-state index is -0.00784. The second-order valence-corrected chi connectivity index (χ2v) is 8.86. The number of carbonyl (C=O) groups is 1. The number of amides is 1. The monoisotopic (exact) mass is 461 g/mol. The van der Waals surface area contributed by atoms with E-state index in [2.05, 4.69) is 61.2 Å². The Hall–Kier alpha value is -3.94. The largest absolute Gasteiger partial charge is 0.337 e. The zero-order valence-electron chi connectivity index (χ0n) is 20.7. The molecule has 35 heavy (non-hydrogen) atoms. The smallest absolute Gasteiger partial charge is 0.253 e. The maximum atomic E-state index is 13.1. The lowest BCUT2D eigenvalue weighted by molar-refractivity contribution is 0.0785. The van der Waals surface area contributed by atoms with Gasteiger partial charge in [-0.1, -0.05) is 68.4 Å². The molecule has 4 nitrogen and oxygen atoms in total. The van der Waals surface area contributed by atoms with E-state index in [0.717, 1.165) is 36.3 Å². The van der Waals surface area contributed by atoms with E-state index in [-0.39, 0.29) is 5.91 Å². The minimum Gasteiger partial charge on any atom is -0.337 e. The van der Waals surface area contributed by atoms with Crippen molar-refractivity contribution in [1.82, 2.24) is 9.80 Å². The van der Waals surface area contributed by atoms with Crippen LogP contribution in [0.1, 0.15) is 40.9 Å². The number of benzene rings is 4. The van der Waals surface area contributed by atoms with Crippen LogP contribution in [0.2, 0.25) is 0 Å². The van der Waals surface area contributed by atoms with Crippen LogP contribution in [0.3, 0.4) is 0 Å². The first-order chi connectivity index (χ1) is 17.0. The summed E-state index contributed by atoms with van der Waals surface area (Å²) in [7, 11) is 1.85. The Morgan fingerprint density at radius 1 is 0.829 bits per heavy atom. The van der Waals surface area contributed by atoms with E-state index in [4.69, 9.17) is 5.26 Å². The van der Waals surface area contributed by atoms with Crippen LogP contribution in [0.4, 0.5) is 0 Å². The molecule has 0 heterocycles. The van der Waals surface area contributed by atoms with Crippen molar-refractivity contribution >= 4 is 16.7 Å². The maximum absolute atomic E-state index is 13.1. The van der Waals surface area contributed by atoms with E-state index in [1.165, 1.54) is 16.3 Å². The quantitative estimate of drug-likeness (QED) is 0.301. The van der Waals surface area contributed by atoms with Crippen molar-refractivity contribution < 1.29 is 4.79 Å². The highest BCUT2D eigenvalue weighted by Crippen LogP contribution is 2.24. The second kappa shape index (κ2) is 11.0. The summed E-state index contributed by atoms with van der Waals surface area (Å²) in [4.78, 5) is 17.3. The van der Waals surface area contributed by atoms with E-state index in [9.17, 15) is 4.79 Å². The predicted octanol–water partition coefficient (Wildman–Crippen LogP) is 6.49. The summed E-state index contributed by atoms with van der Waals surface area (Å²) in [6.45, 7) is 7.95. The Kier molecular flexibility index (Phi) is 7.60. The molecule has 0 saturated carbocycles. The molecule has 0 aliphatic rings. The number of hydrogen-bond donors (Lipinski definition) is 0. The van der Waals surface area contributed by atoms with Gasteiger partial charge in [-0.2, -0.15) is 5.26 Å². The van der Waals surface area contributed by atoms with Crippen molar-refractivity contribution in [2.45, 2.75) is 26.9 Å². The number of rotatable bonds is 8. The molecule has 0 N–H and O–H groups in total. The minimum absolute atomic E-state index is 0.00784. The third-order valence-electron chi connectivity index (χ3n) is 6.57. The van der Waals surface area contributed by atoms with E-state index < -0.39 is 0 Å². The first kappa shape index (κ1) is 24.2. The summed E-state index contributed by atoms with van der Waals surface area (Å²) in [6.07, 6.45) is 0. The summed E-state index contributed by atoms with van der Waals surface area (Å²) in [5.41, 5.74) is 5.78. The topological polar surface area (TPSA) is 47.3 Å². The molecule has 0 atom stereocenters. The van der Waals surface area contributed by atoms with E-state index in [1.54, 1.807) is 17.0 Å². The van der Waals surface area contributed by atoms with E-state index in [1.807, 2.05) is 43.4 Å². The second-order valence-electron chi connectivity index (χ2n) is 8.86. The van der Waals surface area contributed by atoms with Crippen LogP contribution in [0, 0.1) is 11.3 Å². The summed E-state index contributed by atoms with van der Waals surface area (Å²) in [5.74, 6) is -0.00784. The normalized spacial score (nSPS) is 10.9. The molecule has 0 aromatic heterocycles. The summed E-state index contributed by atoms with van der Waals surface area (Å²) in [5, 5.41) is 11.4. The molecule has 0 aliphatic carbocycles. The van der Waals surface area contributed by atoms with E-state index in [0.29, 0.717) is 17.7 Å². The number of hydrogen-bond acceptors (Lipinski definition) is 3. The van der Waals surface area contributed by atoms with Gasteiger partial charge in [0.15, 0.2) is 0 Å². The number of nitriles is 1. The molecule has 4 aromatic carbocycles. The third kappa shape index (κ3) is 5.59. The molecule has 0 bridgehead atoms. The fourth-order valence-corrected chi connectivity index (χ4v) is 4.43. The maximum Gasteiger partial charge on any atom is 0.253 e. The number of nitrogens with zero attached hydrogens (tertiary/aromatic N) is 3. The summed E-state index contributed by atoms with van der Waals surface area (Å²) >= 11 is 0. The van der Waals surface area contributed by atoms with E-state index >= 15 is 0 Å². The first-order valence-corrected chi connectivity index (χ1v) is 12.1. The molecule has 1 amide bonds. The average Bonchev–Trinajstić information content (AvgIpc) is 2.91. The molecule has 0 saturated heterocycles. The van der Waals surface area contributed by atoms with Gasteiger partial charge in [0.2, 0.25) is 0 Å². The Bertz CT molecular complexity index is 1350. The SMILES string of the molecule is CCN(CC)Cc1ccc2c(CN(C)C(=O)c3ccc(-c4ccc(C#N)cc4)cc3)cccc2c1. The van der Waals surface area contributed by atoms with Gasteiger partial charge in [0, 0.05) is 25.7 Å². The van der Waals surface area contributed by atoms with Gasteiger partial charge >= 0.3 is 0 Å². The Morgan fingerprint density at radius 3 is 2.11 bits per heavy atom. The van der Waals surface area contributed by atoms with Crippen molar-refractivity contribution in [1.29, 1.82) is 5.26 Å². The molecule has 4 aromatic rings. The van der Waals surface area contributed by atoms with Gasteiger partial charge in [0.25, 0.3) is 5.91 Å². The van der Waals surface area contributed by atoms with Crippen molar-refractivity contribution in [2.24, 2.45) is 0 Å². The van der Waals surface area contributed by atoms with Gasteiger partial charge < -0.3 is 4.90 Å². The van der Waals surface area contributed by atoms with Crippen LogP contribution >= 0.6 is 0 Å². The molecule has 0 aliphatic heterocycles. The highest BCUT2D eigenvalue weighted by Gasteiger charge is 2.14. The average molecular weight is 462 g/mol. The van der Waals surface area contributed by atoms with Gasteiger partial charge in [-0.15, -0.1) is 0 Å². The molecule has 0 fully saturated rings. The van der Waals surface area contributed by atoms with Gasteiger partial charge in [0.05, 0.1) is 11.6 Å². The lowest BCUT2D eigenvalue weighted by atomic mass is 10.0. The molecular weight excluding hydrogens is 430 g/mol. The fraction of sp³-hybridized carbons (Fsp3) is 0.226. The van der Waals surface area contributed by atoms with Crippen LogP contribution in [0.25, 0.3) is 21.9 Å². The number of fused-ring (bicyclic) bond motifs is 1. The molecule has 176 valence electrons. The zero-order chi connectivity index (χ0) is 24.8. The van der Waals surface area contributed by atoms with Crippen LogP contribution in [-0.4, -0.2) is 35.8 Å². The molecule has 0 unspecified atom stereocenters. The van der Waals surface area contributed by atoms with Crippen LogP contribution in [-0.2, 0) is 13.1 Å². The third-order valence-corrected chi connectivity index (χ3v) is 6.57. The molecule has 4 rings (SSSR count). The van der Waals surface area contributed by atoms with Crippen LogP contribution in [0.5, 0.6) is 0 Å². The van der Waals surface area contributed by atoms with Gasteiger partial charge in [-0.05, 0) is 76.4 Å². The van der Waals surface area contributed by atoms with Crippen molar-refractivity contribution in [3.05, 3.63) is 107 Å². The van der Waals surface area contributed by atoms with Crippen LogP contribution in [0.15, 0.2) is 84.9 Å². The lowest BCUT2D eigenvalue weighted by Crippen LogP contribution is -2.26. The molecular formula is C31H31N3O. The first-order valence-electron chi connectivity index (χ1n) is 12.1. The molecule has 0 spiro atoms. The summed E-state index contributed by atoms with van der Waals surface area (Å²) < 4.78 is 0. The lowest BCUT2D eigenvalue weighted by Gasteiger charge is -2.20. The van der Waals surface area contributed by atoms with Crippen LogP contribution < -0.4 is 0 Å². The van der Waals surface area contributed by atoms with Gasteiger partial charge in [0.1, 0.15) is 0 Å². The van der Waals surface area contributed by atoms with Crippen molar-refractivity contribution in [3.8, 4) is 17.2 Å². The molecule has 0 radical (unpaired) electrons. The highest BCUT2D eigenvalue weighted by atomic mass is 16.2. The zero-order valence-corrected chi connectivity index (χ0v) is 20.7. The van der Waals surface area contributed by atoms with Crippen molar-refractivity contribution in [3.63, 3.8) is 0 Å². The number of carbonyl (C=O) groups excluding carboxylic acids is 1. The standard InChI is InChI=1S/C31H31N3O/c1-4-34(5-2)21-24-11-18-30-28(19-24)7-6-8-29(30)22-33(3)31(35)27-16-14-26(15-17-27)25-12-9-23(20-32)10-13-25/h6-19H,4-5,21-22H2,1-3H3. The van der Waals surface area contributed by atoms with Gasteiger partial charge in [-0.3, -0.25) is 9.69 Å². The Balaban J connectivity index is 1.48. The Morgan fingerprint density at radius 2 is 1.49 bits per heavy atom. The Labute approximate surface area is 208 Å². The van der Waals surface area contributed by atoms with Crippen molar-refractivity contribution in [2.75, 3.05) is 20.1 Å². The molecule has 4 heteroatoms. The fourth-order valence-electron chi connectivity index (χ4n) is 4.43. The highest BCUT2D eigenvalue weighted by molar-refractivity contribution is 5.95. The van der Waals surface area contributed by atoms with Gasteiger partial charge in [-0.25, -0.2) is 0 Å².